The van der Waals surface area contributed by atoms with Crippen molar-refractivity contribution in [1.82, 2.24) is 9.88 Å². The van der Waals surface area contributed by atoms with Gasteiger partial charge < -0.3 is 14.9 Å². The number of nitrogens with one attached hydrogen (secondary N) is 1. The predicted molar refractivity (Wildman–Crippen MR) is 133 cm³/mol. The first kappa shape index (κ1) is 23.0. The number of aromatic nitrogens is 1. The van der Waals surface area contributed by atoms with Gasteiger partial charge in [0, 0.05) is 47.3 Å². The molecule has 31 heavy (non-hydrogen) atoms. The van der Waals surface area contributed by atoms with Crippen LogP contribution in [0.1, 0.15) is 25.3 Å². The van der Waals surface area contributed by atoms with E-state index in [4.69, 9.17) is 0 Å². The smallest absolute Gasteiger partial charge is 0.258 e. The number of hydrogen-bond donors (Lipinski definition) is 2. The number of benzene rings is 2. The number of unbranched alkanes of at least 4 members (excludes halogenated alkanes) is 1. The second-order valence-electron chi connectivity index (χ2n) is 7.76. The highest BCUT2D eigenvalue weighted by Gasteiger charge is 2.10. The predicted octanol–water partition coefficient (Wildman–Crippen LogP) is 4.91. The lowest BCUT2D eigenvalue weighted by Gasteiger charge is -2.23. The summed E-state index contributed by atoms with van der Waals surface area (Å²) in [6.07, 6.45) is 4.03. The number of pyridine rings is 1. The molecule has 3 aromatic rings. The van der Waals surface area contributed by atoms with Gasteiger partial charge in [-0.15, -0.1) is 0 Å². The number of aliphatic imine (C=N–C) groups is 1. The monoisotopic (exact) mass is 484 g/mol. The Kier molecular flexibility index (Phi) is 7.87. The molecule has 0 fully saturated rings. The maximum absolute atomic E-state index is 12.1. The summed E-state index contributed by atoms with van der Waals surface area (Å²) in [4.78, 5) is 23.7. The van der Waals surface area contributed by atoms with Gasteiger partial charge in [0.2, 0.25) is 5.88 Å². The number of hydrogen-bond acceptors (Lipinski definition) is 5. The van der Waals surface area contributed by atoms with Crippen molar-refractivity contribution in [3.8, 4) is 5.88 Å². The molecule has 0 radical (unpaired) electrons. The summed E-state index contributed by atoms with van der Waals surface area (Å²) < 4.78 is 0.826. The van der Waals surface area contributed by atoms with Gasteiger partial charge >= 0.3 is 0 Å². The van der Waals surface area contributed by atoms with Crippen LogP contribution in [0.25, 0.3) is 10.8 Å². The van der Waals surface area contributed by atoms with Crippen LogP contribution in [0, 0.1) is 0 Å². The van der Waals surface area contributed by atoms with Gasteiger partial charge in [-0.1, -0.05) is 29.3 Å². The number of aromatic amines is 1. The molecule has 0 aliphatic heterocycles. The second-order valence-corrected chi connectivity index (χ2v) is 8.67. The summed E-state index contributed by atoms with van der Waals surface area (Å²) in [5, 5.41) is 11.4. The molecule has 0 bridgehead atoms. The lowest BCUT2D eigenvalue weighted by atomic mass is 10.1. The second kappa shape index (κ2) is 10.6. The third kappa shape index (κ3) is 5.95. The van der Waals surface area contributed by atoms with E-state index in [1.807, 2.05) is 24.3 Å². The maximum Gasteiger partial charge on any atom is 0.258 e. The van der Waals surface area contributed by atoms with E-state index in [1.54, 1.807) is 24.4 Å². The summed E-state index contributed by atoms with van der Waals surface area (Å²) in [6.45, 7) is 5.31. The molecule has 0 unspecified atom stereocenters. The topological polar surface area (TPSA) is 71.9 Å². The van der Waals surface area contributed by atoms with Crippen LogP contribution in [-0.4, -0.2) is 54.9 Å². The highest BCUT2D eigenvalue weighted by Crippen LogP contribution is 2.25. The number of fused-ring (bicyclic) bond motifs is 1. The van der Waals surface area contributed by atoms with Crippen LogP contribution in [-0.2, 0) is 0 Å². The molecule has 3 rings (SSSR count). The number of halogens is 1. The van der Waals surface area contributed by atoms with Crippen LogP contribution in [0.15, 0.2) is 56.7 Å². The van der Waals surface area contributed by atoms with Crippen LogP contribution in [0.5, 0.6) is 5.88 Å². The fraction of sp³-hybridized carbons (Fsp3) is 0.333. The largest absolute Gasteiger partial charge is 0.494 e. The van der Waals surface area contributed by atoms with Gasteiger partial charge in [-0.2, -0.15) is 0 Å². The van der Waals surface area contributed by atoms with Crippen LogP contribution in [0.4, 0.5) is 11.4 Å². The molecular weight excluding hydrogens is 456 g/mol. The average Bonchev–Trinajstić information content (AvgIpc) is 2.76. The minimum Gasteiger partial charge on any atom is -0.494 e. The summed E-state index contributed by atoms with van der Waals surface area (Å²) in [7, 11) is 4.25. The maximum atomic E-state index is 12.1. The lowest BCUT2D eigenvalue weighted by molar-refractivity contribution is 0.335. The molecule has 1 heterocycles. The van der Waals surface area contributed by atoms with E-state index in [1.165, 1.54) is 12.8 Å². The number of nitrogens with zero attached hydrogens (tertiary/aromatic N) is 3. The van der Waals surface area contributed by atoms with E-state index >= 15 is 0 Å². The molecule has 0 amide bonds. The first-order chi connectivity index (χ1) is 14.9. The van der Waals surface area contributed by atoms with Crippen molar-refractivity contribution in [2.24, 2.45) is 4.99 Å². The van der Waals surface area contributed by atoms with E-state index in [0.29, 0.717) is 16.3 Å². The van der Waals surface area contributed by atoms with Crippen molar-refractivity contribution in [1.29, 1.82) is 0 Å². The Labute approximate surface area is 191 Å². The Morgan fingerprint density at radius 1 is 1.06 bits per heavy atom. The molecule has 7 heteroatoms. The zero-order valence-electron chi connectivity index (χ0n) is 18.2. The third-order valence-corrected chi connectivity index (χ3v) is 5.84. The Hall–Kier alpha value is -2.64. The number of H-pyrrole nitrogens is 1. The van der Waals surface area contributed by atoms with Crippen molar-refractivity contribution in [2.75, 3.05) is 38.6 Å². The molecule has 6 nitrogen and oxygen atoms in total. The summed E-state index contributed by atoms with van der Waals surface area (Å²) >= 11 is 3.42. The van der Waals surface area contributed by atoms with Gasteiger partial charge in [0.15, 0.2) is 0 Å². The van der Waals surface area contributed by atoms with Crippen molar-refractivity contribution >= 4 is 44.3 Å². The summed E-state index contributed by atoms with van der Waals surface area (Å²) in [6, 6.07) is 13.3. The first-order valence-electron chi connectivity index (χ1n) is 10.5. The van der Waals surface area contributed by atoms with Crippen molar-refractivity contribution in [3.05, 3.63) is 62.9 Å². The number of aromatic hydroxyl groups is 1. The minimum atomic E-state index is -0.329. The standard InChI is InChI=1S/C24H29BrN4O2/c1-4-5-12-28(2)13-14-29(3)19-9-7-18(8-10-19)26-16-22-21-15-17(25)6-11-20(21)23(30)27-24(22)31/h6-11,15-16H,4-5,12-14H2,1-3H3,(H2,27,30,31). The van der Waals surface area contributed by atoms with E-state index in [-0.39, 0.29) is 11.4 Å². The molecule has 164 valence electrons. The molecule has 0 atom stereocenters. The van der Waals surface area contributed by atoms with E-state index in [2.05, 4.69) is 56.7 Å². The molecule has 0 spiro atoms. The molecule has 0 saturated heterocycles. The van der Waals surface area contributed by atoms with Gasteiger partial charge in [0.25, 0.3) is 5.56 Å². The minimum absolute atomic E-state index is 0.192. The Morgan fingerprint density at radius 3 is 2.52 bits per heavy atom. The van der Waals surface area contributed by atoms with Gasteiger partial charge in [-0.25, -0.2) is 0 Å². The zero-order valence-corrected chi connectivity index (χ0v) is 19.8. The van der Waals surface area contributed by atoms with Gasteiger partial charge in [-0.3, -0.25) is 14.8 Å². The number of likely N-dealkylation sites (N-methyl/N-ethyl adjacent to an activating group) is 2. The Balaban J connectivity index is 1.73. The molecule has 2 aromatic carbocycles. The molecular formula is C24H29BrN4O2. The molecule has 0 saturated carbocycles. The fourth-order valence-electron chi connectivity index (χ4n) is 3.36. The normalized spacial score (nSPS) is 11.6. The lowest BCUT2D eigenvalue weighted by Crippen LogP contribution is -2.31. The Morgan fingerprint density at radius 2 is 1.81 bits per heavy atom. The van der Waals surface area contributed by atoms with Gasteiger partial charge in [0.1, 0.15) is 0 Å². The molecule has 0 aliphatic carbocycles. The number of rotatable bonds is 9. The summed E-state index contributed by atoms with van der Waals surface area (Å²) in [5.41, 5.74) is 2.05. The molecule has 1 aromatic heterocycles. The zero-order chi connectivity index (χ0) is 22.4. The quantitative estimate of drug-likeness (QED) is 0.423. The highest BCUT2D eigenvalue weighted by atomic mass is 79.9. The van der Waals surface area contributed by atoms with Crippen molar-refractivity contribution in [2.45, 2.75) is 19.8 Å². The van der Waals surface area contributed by atoms with E-state index < -0.39 is 0 Å². The average molecular weight is 485 g/mol. The van der Waals surface area contributed by atoms with Crippen LogP contribution in [0.3, 0.4) is 0 Å². The number of anilines is 1. The van der Waals surface area contributed by atoms with E-state index in [9.17, 15) is 9.90 Å². The van der Waals surface area contributed by atoms with E-state index in [0.717, 1.165) is 35.5 Å². The van der Waals surface area contributed by atoms with Crippen LogP contribution < -0.4 is 10.5 Å². The SMILES string of the molecule is CCCCN(C)CCN(C)c1ccc(N=Cc2c(O)[nH]c(=O)c3ccc(Br)cc23)cc1. The van der Waals surface area contributed by atoms with Gasteiger partial charge in [0.05, 0.1) is 11.3 Å². The van der Waals surface area contributed by atoms with Crippen LogP contribution in [0.2, 0.25) is 0 Å². The van der Waals surface area contributed by atoms with Crippen LogP contribution >= 0.6 is 15.9 Å². The van der Waals surface area contributed by atoms with Crippen molar-refractivity contribution < 1.29 is 5.11 Å². The first-order valence-corrected chi connectivity index (χ1v) is 11.3. The fourth-order valence-corrected chi connectivity index (χ4v) is 3.72. The molecule has 2 N–H and O–H groups in total. The summed E-state index contributed by atoms with van der Waals surface area (Å²) in [5.74, 6) is -0.192. The third-order valence-electron chi connectivity index (χ3n) is 5.35. The Bertz CT molecular complexity index is 1110. The molecule has 0 aliphatic rings. The highest BCUT2D eigenvalue weighted by molar-refractivity contribution is 9.10. The van der Waals surface area contributed by atoms with Gasteiger partial charge in [-0.05, 0) is 62.5 Å². The van der Waals surface area contributed by atoms with Crippen molar-refractivity contribution in [3.63, 3.8) is 0 Å².